The fourth-order valence-corrected chi connectivity index (χ4v) is 4.51. The van der Waals surface area contributed by atoms with Crippen molar-refractivity contribution in [2.45, 2.75) is 85.7 Å². The van der Waals surface area contributed by atoms with Crippen LogP contribution in [0.3, 0.4) is 0 Å². The monoisotopic (exact) mass is 435 g/mol. The van der Waals surface area contributed by atoms with Crippen molar-refractivity contribution in [3.63, 3.8) is 0 Å². The molecule has 8 heteroatoms. The lowest BCUT2D eigenvalue weighted by Gasteiger charge is -2.34. The number of hydrogen-bond acceptors (Lipinski definition) is 5. The molecule has 0 bridgehead atoms. The Hall–Kier alpha value is -2.09. The molecule has 2 heterocycles. The molecular weight excluding hydrogens is 394 g/mol. The number of anilines is 2. The van der Waals surface area contributed by atoms with Gasteiger partial charge in [0.05, 0.1) is 6.54 Å². The van der Waals surface area contributed by atoms with Crippen molar-refractivity contribution in [1.82, 2.24) is 14.5 Å². The van der Waals surface area contributed by atoms with E-state index >= 15 is 0 Å². The van der Waals surface area contributed by atoms with Crippen molar-refractivity contribution in [3.8, 4) is 0 Å². The fourth-order valence-electron chi connectivity index (χ4n) is 4.51. The number of hydrogen-bond donors (Lipinski definition) is 2. The van der Waals surface area contributed by atoms with E-state index in [-0.39, 0.29) is 24.0 Å². The van der Waals surface area contributed by atoms with Crippen LogP contribution in [0, 0.1) is 11.8 Å². The molecule has 2 atom stereocenters. The summed E-state index contributed by atoms with van der Waals surface area (Å²) < 4.78 is 1.35. The van der Waals surface area contributed by atoms with E-state index in [1.54, 1.807) is 0 Å². The highest BCUT2D eigenvalue weighted by Gasteiger charge is 2.30. The average molecular weight is 436 g/mol. The Labute approximate surface area is 185 Å². The molecular formula is C23H41N5O3. The summed E-state index contributed by atoms with van der Waals surface area (Å²) in [5.41, 5.74) is 5.25. The molecule has 176 valence electrons. The van der Waals surface area contributed by atoms with Crippen LogP contribution >= 0.6 is 0 Å². The van der Waals surface area contributed by atoms with Gasteiger partial charge < -0.3 is 10.6 Å². The zero-order valence-corrected chi connectivity index (χ0v) is 19.9. The molecule has 2 rings (SSSR count). The Morgan fingerprint density at radius 2 is 1.90 bits per heavy atom. The Morgan fingerprint density at radius 1 is 1.19 bits per heavy atom. The van der Waals surface area contributed by atoms with Crippen molar-refractivity contribution < 1.29 is 4.79 Å². The summed E-state index contributed by atoms with van der Waals surface area (Å²) in [5.74, 6) is 1.04. The van der Waals surface area contributed by atoms with E-state index in [0.29, 0.717) is 37.4 Å². The van der Waals surface area contributed by atoms with Crippen LogP contribution in [0.25, 0.3) is 0 Å². The molecule has 2 unspecified atom stereocenters. The quantitative estimate of drug-likeness (QED) is 0.621. The van der Waals surface area contributed by atoms with Gasteiger partial charge in [0.1, 0.15) is 5.82 Å². The largest absolute Gasteiger partial charge is 0.383 e. The first-order valence-corrected chi connectivity index (χ1v) is 11.9. The van der Waals surface area contributed by atoms with Gasteiger partial charge in [-0.25, -0.2) is 4.79 Å². The van der Waals surface area contributed by atoms with Crippen LogP contribution in [0.1, 0.15) is 73.1 Å². The van der Waals surface area contributed by atoms with Crippen LogP contribution in [0.5, 0.6) is 0 Å². The topological polar surface area (TPSA) is 104 Å². The Balaban J connectivity index is 2.40. The third kappa shape index (κ3) is 6.21. The first kappa shape index (κ1) is 25.2. The number of nitrogen functional groups attached to an aromatic ring is 1. The summed E-state index contributed by atoms with van der Waals surface area (Å²) in [6.45, 7) is 12.6. The second kappa shape index (κ2) is 11.5. The molecule has 1 saturated heterocycles. The molecule has 1 aromatic rings. The minimum absolute atomic E-state index is 0.0740. The molecule has 0 radical (unpaired) electrons. The number of likely N-dealkylation sites (tertiary alicyclic amines) is 1. The number of aromatic amines is 1. The van der Waals surface area contributed by atoms with Crippen LogP contribution in [-0.2, 0) is 11.3 Å². The highest BCUT2D eigenvalue weighted by molar-refractivity contribution is 5.96. The summed E-state index contributed by atoms with van der Waals surface area (Å²) in [6.07, 6.45) is 5.64. The Bertz CT molecular complexity index is 845. The van der Waals surface area contributed by atoms with Gasteiger partial charge in [0.15, 0.2) is 5.69 Å². The van der Waals surface area contributed by atoms with Gasteiger partial charge in [-0.15, -0.1) is 0 Å². The smallest absolute Gasteiger partial charge is 0.330 e. The van der Waals surface area contributed by atoms with Crippen LogP contribution in [0.15, 0.2) is 9.59 Å². The number of unbranched alkanes of at least 4 members (excludes halogenated alkanes) is 1. The lowest BCUT2D eigenvalue weighted by atomic mass is 9.95. The first-order chi connectivity index (χ1) is 14.7. The molecule has 1 amide bonds. The van der Waals surface area contributed by atoms with E-state index in [1.807, 2.05) is 13.8 Å². The number of carbonyl (C=O) groups excluding carboxylic acids is 1. The highest BCUT2D eigenvalue weighted by Crippen LogP contribution is 2.26. The second-order valence-electron chi connectivity index (χ2n) is 9.30. The number of nitrogens with zero attached hydrogens (tertiary/aromatic N) is 3. The predicted molar refractivity (Wildman–Crippen MR) is 127 cm³/mol. The minimum Gasteiger partial charge on any atom is -0.383 e. The van der Waals surface area contributed by atoms with E-state index < -0.39 is 11.2 Å². The molecule has 0 aliphatic carbocycles. The SMILES string of the molecule is CCCCN(C(=O)CN1CCC(C)CCC1C(C)C)c1c(N)n(CCC)c(=O)[nH]c1=O. The van der Waals surface area contributed by atoms with Gasteiger partial charge in [0.25, 0.3) is 5.56 Å². The number of amides is 1. The summed E-state index contributed by atoms with van der Waals surface area (Å²) in [5, 5.41) is 0. The lowest BCUT2D eigenvalue weighted by Crippen LogP contribution is -2.48. The molecule has 1 aliphatic rings. The third-order valence-corrected chi connectivity index (χ3v) is 6.41. The summed E-state index contributed by atoms with van der Waals surface area (Å²) in [4.78, 5) is 44.6. The summed E-state index contributed by atoms with van der Waals surface area (Å²) >= 11 is 0. The van der Waals surface area contributed by atoms with Gasteiger partial charge in [-0.3, -0.25) is 24.0 Å². The molecule has 31 heavy (non-hydrogen) atoms. The maximum absolute atomic E-state index is 13.5. The first-order valence-electron chi connectivity index (χ1n) is 11.9. The molecule has 0 aromatic carbocycles. The van der Waals surface area contributed by atoms with Crippen molar-refractivity contribution in [2.24, 2.45) is 11.8 Å². The number of nitrogens with one attached hydrogen (secondary N) is 1. The van der Waals surface area contributed by atoms with Gasteiger partial charge in [0.2, 0.25) is 5.91 Å². The van der Waals surface area contributed by atoms with Gasteiger partial charge in [0, 0.05) is 19.1 Å². The van der Waals surface area contributed by atoms with E-state index in [9.17, 15) is 14.4 Å². The maximum atomic E-state index is 13.5. The van der Waals surface area contributed by atoms with Gasteiger partial charge in [-0.1, -0.05) is 41.0 Å². The third-order valence-electron chi connectivity index (χ3n) is 6.41. The predicted octanol–water partition coefficient (Wildman–Crippen LogP) is 2.81. The molecule has 1 fully saturated rings. The van der Waals surface area contributed by atoms with Crippen LogP contribution in [0.2, 0.25) is 0 Å². The van der Waals surface area contributed by atoms with E-state index in [2.05, 4.69) is 30.7 Å². The number of carbonyl (C=O) groups is 1. The molecule has 0 saturated carbocycles. The fraction of sp³-hybridized carbons (Fsp3) is 0.783. The zero-order valence-electron chi connectivity index (χ0n) is 19.9. The Morgan fingerprint density at radius 3 is 2.52 bits per heavy atom. The Kier molecular flexibility index (Phi) is 9.34. The van der Waals surface area contributed by atoms with Crippen LogP contribution in [-0.4, -0.2) is 46.0 Å². The van der Waals surface area contributed by atoms with Crippen LogP contribution in [0.4, 0.5) is 11.5 Å². The van der Waals surface area contributed by atoms with E-state index in [4.69, 9.17) is 5.73 Å². The standard InChI is InChI=1S/C23H41N5O3/c1-6-8-13-27(20-21(24)28(12-7-2)23(31)25-22(20)30)19(29)15-26-14-11-17(5)9-10-18(26)16(3)4/h16-18H,6-15,24H2,1-5H3,(H,25,30,31). The highest BCUT2D eigenvalue weighted by atomic mass is 16.2. The number of rotatable bonds is 9. The van der Waals surface area contributed by atoms with Gasteiger partial charge in [-0.2, -0.15) is 0 Å². The maximum Gasteiger partial charge on any atom is 0.330 e. The minimum atomic E-state index is -0.593. The molecule has 1 aromatic heterocycles. The van der Waals surface area contributed by atoms with Crippen molar-refractivity contribution in [1.29, 1.82) is 0 Å². The summed E-state index contributed by atoms with van der Waals surface area (Å²) in [7, 11) is 0. The second-order valence-corrected chi connectivity index (χ2v) is 9.30. The number of H-pyrrole nitrogens is 1. The molecule has 1 aliphatic heterocycles. The summed E-state index contributed by atoms with van der Waals surface area (Å²) in [6, 6.07) is 0.339. The molecule has 3 N–H and O–H groups in total. The zero-order chi connectivity index (χ0) is 23.1. The van der Waals surface area contributed by atoms with Crippen molar-refractivity contribution in [3.05, 3.63) is 20.8 Å². The number of nitrogens with two attached hydrogens (primary N) is 1. The lowest BCUT2D eigenvalue weighted by molar-refractivity contribution is -0.120. The normalized spacial score (nSPS) is 20.1. The van der Waals surface area contributed by atoms with Crippen molar-refractivity contribution >= 4 is 17.4 Å². The number of aromatic nitrogens is 2. The van der Waals surface area contributed by atoms with Crippen molar-refractivity contribution in [2.75, 3.05) is 30.3 Å². The average Bonchev–Trinajstić information content (AvgIpc) is 2.89. The van der Waals surface area contributed by atoms with E-state index in [0.717, 1.165) is 32.2 Å². The molecule has 8 nitrogen and oxygen atoms in total. The van der Waals surface area contributed by atoms with Crippen LogP contribution < -0.4 is 21.9 Å². The van der Waals surface area contributed by atoms with Gasteiger partial charge >= 0.3 is 5.69 Å². The van der Waals surface area contributed by atoms with E-state index in [1.165, 1.54) is 15.9 Å². The molecule has 0 spiro atoms. The van der Waals surface area contributed by atoms with Gasteiger partial charge in [-0.05, 0) is 50.5 Å².